The third kappa shape index (κ3) is 3.09. The molecule has 0 radical (unpaired) electrons. The van der Waals surface area contributed by atoms with Crippen LogP contribution in [0.4, 0.5) is 5.69 Å². The van der Waals surface area contributed by atoms with Crippen molar-refractivity contribution >= 4 is 15.7 Å². The smallest absolute Gasteiger partial charge is 0.232 e. The van der Waals surface area contributed by atoms with E-state index in [2.05, 4.69) is 9.71 Å². The minimum atomic E-state index is -3.24. The lowest BCUT2D eigenvalue weighted by Gasteiger charge is -2.08. The Balaban J connectivity index is 2.94. The van der Waals surface area contributed by atoms with Gasteiger partial charge in [0.05, 0.1) is 24.7 Å². The number of hydrogen-bond donors (Lipinski definition) is 1. The lowest BCUT2D eigenvalue weighted by Crippen LogP contribution is -2.14. The highest BCUT2D eigenvalue weighted by Gasteiger charge is 2.08. The molecule has 84 valence electrons. The van der Waals surface area contributed by atoms with Crippen LogP contribution in [0.3, 0.4) is 0 Å². The molecule has 0 spiro atoms. The number of anilines is 1. The molecule has 0 aliphatic rings. The second kappa shape index (κ2) is 4.48. The minimum Gasteiger partial charge on any atom is -0.481 e. The van der Waals surface area contributed by atoms with Crippen LogP contribution in [-0.4, -0.2) is 26.3 Å². The van der Waals surface area contributed by atoms with E-state index < -0.39 is 10.0 Å². The summed E-state index contributed by atoms with van der Waals surface area (Å²) in [6.45, 7) is 3.38. The second-order valence-corrected chi connectivity index (χ2v) is 5.07. The first kappa shape index (κ1) is 11.8. The van der Waals surface area contributed by atoms with E-state index in [-0.39, 0.29) is 5.75 Å². The number of nitrogens with zero attached hydrogens (tertiary/aromatic N) is 1. The third-order valence-electron chi connectivity index (χ3n) is 1.88. The van der Waals surface area contributed by atoms with Crippen LogP contribution < -0.4 is 9.46 Å². The standard InChI is InChI=1S/C9H14N2O3S/c1-4-15(12,13)11-8-5-7(2)9(14-3)10-6-8/h5-6,11H,4H2,1-3H3. The molecular formula is C9H14N2O3S. The van der Waals surface area contributed by atoms with E-state index in [1.807, 2.05) is 0 Å². The van der Waals surface area contributed by atoms with Gasteiger partial charge in [-0.2, -0.15) is 0 Å². The third-order valence-corrected chi connectivity index (χ3v) is 3.18. The summed E-state index contributed by atoms with van der Waals surface area (Å²) >= 11 is 0. The number of hydrogen-bond acceptors (Lipinski definition) is 4. The van der Waals surface area contributed by atoms with Crippen LogP contribution >= 0.6 is 0 Å². The SMILES string of the molecule is CCS(=O)(=O)Nc1cnc(OC)c(C)c1. The van der Waals surface area contributed by atoms with Gasteiger partial charge in [-0.25, -0.2) is 13.4 Å². The van der Waals surface area contributed by atoms with Crippen molar-refractivity contribution in [2.45, 2.75) is 13.8 Å². The average molecular weight is 230 g/mol. The molecule has 1 aromatic rings. The van der Waals surface area contributed by atoms with Gasteiger partial charge in [-0.3, -0.25) is 4.72 Å². The van der Waals surface area contributed by atoms with Gasteiger partial charge in [-0.15, -0.1) is 0 Å². The van der Waals surface area contributed by atoms with Crippen molar-refractivity contribution in [3.63, 3.8) is 0 Å². The Morgan fingerprint density at radius 1 is 1.53 bits per heavy atom. The topological polar surface area (TPSA) is 68.3 Å². The first-order valence-corrected chi connectivity index (χ1v) is 6.15. The molecule has 6 heteroatoms. The highest BCUT2D eigenvalue weighted by Crippen LogP contribution is 2.18. The van der Waals surface area contributed by atoms with Gasteiger partial charge in [0.25, 0.3) is 0 Å². The quantitative estimate of drug-likeness (QED) is 0.842. The highest BCUT2D eigenvalue weighted by molar-refractivity contribution is 7.92. The molecule has 0 fully saturated rings. The normalized spacial score (nSPS) is 11.1. The zero-order chi connectivity index (χ0) is 11.5. The van der Waals surface area contributed by atoms with Crippen molar-refractivity contribution in [1.29, 1.82) is 0 Å². The lowest BCUT2D eigenvalue weighted by atomic mass is 10.3. The summed E-state index contributed by atoms with van der Waals surface area (Å²) in [4.78, 5) is 3.97. The highest BCUT2D eigenvalue weighted by atomic mass is 32.2. The van der Waals surface area contributed by atoms with Gasteiger partial charge < -0.3 is 4.74 Å². The number of aryl methyl sites for hydroxylation is 1. The van der Waals surface area contributed by atoms with Gasteiger partial charge in [0, 0.05) is 5.56 Å². The summed E-state index contributed by atoms with van der Waals surface area (Å²) in [5, 5.41) is 0. The Bertz CT molecular complexity index is 443. The van der Waals surface area contributed by atoms with Crippen molar-refractivity contribution in [3.05, 3.63) is 17.8 Å². The van der Waals surface area contributed by atoms with Crippen molar-refractivity contribution in [1.82, 2.24) is 4.98 Å². The fraction of sp³-hybridized carbons (Fsp3) is 0.444. The average Bonchev–Trinajstić information content (AvgIpc) is 2.17. The Hall–Kier alpha value is -1.30. The molecule has 0 saturated heterocycles. The summed E-state index contributed by atoms with van der Waals surface area (Å²) in [5.41, 5.74) is 1.24. The number of sulfonamides is 1. The van der Waals surface area contributed by atoms with E-state index in [1.54, 1.807) is 19.9 Å². The molecule has 1 heterocycles. The minimum absolute atomic E-state index is 0.0398. The number of pyridine rings is 1. The van der Waals surface area contributed by atoms with Gasteiger partial charge in [-0.1, -0.05) is 0 Å². The lowest BCUT2D eigenvalue weighted by molar-refractivity contribution is 0.395. The van der Waals surface area contributed by atoms with E-state index in [0.29, 0.717) is 11.6 Å². The Kier molecular flexibility index (Phi) is 3.52. The zero-order valence-corrected chi connectivity index (χ0v) is 9.76. The zero-order valence-electron chi connectivity index (χ0n) is 8.94. The van der Waals surface area contributed by atoms with Crippen LogP contribution in [0, 0.1) is 6.92 Å². The van der Waals surface area contributed by atoms with Gasteiger partial charge in [0.2, 0.25) is 15.9 Å². The van der Waals surface area contributed by atoms with Gasteiger partial charge in [0.1, 0.15) is 0 Å². The fourth-order valence-electron chi connectivity index (χ4n) is 1.08. The Labute approximate surface area is 89.5 Å². The molecule has 1 rings (SSSR count). The maximum Gasteiger partial charge on any atom is 0.232 e. The van der Waals surface area contributed by atoms with Crippen molar-refractivity contribution < 1.29 is 13.2 Å². The largest absolute Gasteiger partial charge is 0.481 e. The Morgan fingerprint density at radius 2 is 2.20 bits per heavy atom. The Morgan fingerprint density at radius 3 is 2.67 bits per heavy atom. The first-order valence-electron chi connectivity index (χ1n) is 4.49. The predicted octanol–water partition coefficient (Wildman–Crippen LogP) is 1.16. The maximum atomic E-state index is 11.3. The fourth-order valence-corrected chi connectivity index (χ4v) is 1.70. The van der Waals surface area contributed by atoms with E-state index in [0.717, 1.165) is 5.56 Å². The number of aromatic nitrogens is 1. The molecule has 0 bridgehead atoms. The number of methoxy groups -OCH3 is 1. The van der Waals surface area contributed by atoms with Crippen molar-refractivity contribution in [2.24, 2.45) is 0 Å². The molecule has 0 aliphatic carbocycles. The summed E-state index contributed by atoms with van der Waals surface area (Å²) in [5.74, 6) is 0.535. The second-order valence-electron chi connectivity index (χ2n) is 3.06. The van der Waals surface area contributed by atoms with Crippen LogP contribution in [0.15, 0.2) is 12.3 Å². The van der Waals surface area contributed by atoms with E-state index in [9.17, 15) is 8.42 Å². The van der Waals surface area contributed by atoms with Crippen LogP contribution in [0.2, 0.25) is 0 Å². The van der Waals surface area contributed by atoms with Crippen LogP contribution in [0.25, 0.3) is 0 Å². The summed E-state index contributed by atoms with van der Waals surface area (Å²) in [7, 11) is -1.72. The molecule has 0 atom stereocenters. The van der Waals surface area contributed by atoms with Crippen LogP contribution in [0.5, 0.6) is 5.88 Å². The molecule has 0 saturated carbocycles. The summed E-state index contributed by atoms with van der Waals surface area (Å²) in [6, 6.07) is 1.68. The molecule has 5 nitrogen and oxygen atoms in total. The van der Waals surface area contributed by atoms with Gasteiger partial charge in [0.15, 0.2) is 0 Å². The van der Waals surface area contributed by atoms with Crippen LogP contribution in [0.1, 0.15) is 12.5 Å². The summed E-state index contributed by atoms with van der Waals surface area (Å²) < 4.78 is 29.9. The summed E-state index contributed by atoms with van der Waals surface area (Å²) in [6.07, 6.45) is 1.43. The number of nitrogens with one attached hydrogen (secondary N) is 1. The monoisotopic (exact) mass is 230 g/mol. The van der Waals surface area contributed by atoms with Gasteiger partial charge in [-0.05, 0) is 19.9 Å². The molecule has 1 aromatic heterocycles. The molecule has 15 heavy (non-hydrogen) atoms. The van der Waals surface area contributed by atoms with E-state index in [1.165, 1.54) is 13.3 Å². The first-order chi connectivity index (χ1) is 6.98. The maximum absolute atomic E-state index is 11.3. The molecule has 1 N–H and O–H groups in total. The van der Waals surface area contributed by atoms with Crippen molar-refractivity contribution in [3.8, 4) is 5.88 Å². The van der Waals surface area contributed by atoms with Crippen LogP contribution in [-0.2, 0) is 10.0 Å². The predicted molar refractivity (Wildman–Crippen MR) is 58.6 cm³/mol. The van der Waals surface area contributed by atoms with E-state index in [4.69, 9.17) is 4.74 Å². The molecule has 0 aliphatic heterocycles. The number of ether oxygens (including phenoxy) is 1. The molecular weight excluding hydrogens is 216 g/mol. The number of rotatable bonds is 4. The molecule has 0 unspecified atom stereocenters. The molecule has 0 amide bonds. The van der Waals surface area contributed by atoms with E-state index >= 15 is 0 Å². The molecule has 0 aromatic carbocycles. The van der Waals surface area contributed by atoms with Crippen molar-refractivity contribution in [2.75, 3.05) is 17.6 Å². The van der Waals surface area contributed by atoms with Gasteiger partial charge >= 0.3 is 0 Å².